The highest BCUT2D eigenvalue weighted by molar-refractivity contribution is 5.61. The Bertz CT molecular complexity index is 1280. The largest absolute Gasteiger partial charge is 0.482 e. The van der Waals surface area contributed by atoms with Crippen LogP contribution in [-0.2, 0) is 4.74 Å². The Labute approximate surface area is 182 Å². The maximum absolute atomic E-state index is 14.5. The number of aromatic nitrogens is 5. The van der Waals surface area contributed by atoms with Crippen molar-refractivity contribution in [2.45, 2.75) is 25.0 Å². The second kappa shape index (κ2) is 7.56. The number of nitrogens with zero attached hydrogens (tertiary/aromatic N) is 6. The second-order valence-electron chi connectivity index (χ2n) is 8.00. The standard InChI is InChI=1S/C22H20F2N6O2/c23-14-3-4-18(24)17(8-14)19-2-1-6-28(19)21-5-7-29-22(27-21)20(10-26-29)30-11-15(9-25-30)32-16-12-31-13-16/h3-5,7-11,16,19H,1-2,6,12-13H2/t19-/m1/s1. The predicted octanol–water partition coefficient (Wildman–Crippen LogP) is 3.31. The van der Waals surface area contributed by atoms with Crippen molar-refractivity contribution < 1.29 is 18.3 Å². The number of hydrogen-bond donors (Lipinski definition) is 0. The summed E-state index contributed by atoms with van der Waals surface area (Å²) >= 11 is 0. The molecule has 0 spiro atoms. The van der Waals surface area contributed by atoms with Gasteiger partial charge in [-0.1, -0.05) is 0 Å². The van der Waals surface area contributed by atoms with Gasteiger partial charge in [0.25, 0.3) is 0 Å². The molecule has 2 saturated heterocycles. The van der Waals surface area contributed by atoms with Gasteiger partial charge in [0.1, 0.15) is 29.2 Å². The van der Waals surface area contributed by atoms with Crippen molar-refractivity contribution >= 4 is 11.5 Å². The zero-order valence-electron chi connectivity index (χ0n) is 17.1. The molecule has 10 heteroatoms. The molecule has 32 heavy (non-hydrogen) atoms. The lowest BCUT2D eigenvalue weighted by Gasteiger charge is -2.26. The molecule has 8 nitrogen and oxygen atoms in total. The third-order valence-electron chi connectivity index (χ3n) is 5.92. The van der Waals surface area contributed by atoms with Crippen LogP contribution in [0.15, 0.2) is 49.1 Å². The first-order chi connectivity index (χ1) is 15.7. The van der Waals surface area contributed by atoms with Gasteiger partial charge in [-0.2, -0.15) is 10.2 Å². The first-order valence-corrected chi connectivity index (χ1v) is 10.5. The Balaban J connectivity index is 1.34. The minimum absolute atomic E-state index is 0.0524. The molecule has 2 fully saturated rings. The van der Waals surface area contributed by atoms with Gasteiger partial charge >= 0.3 is 0 Å². The average Bonchev–Trinajstić information content (AvgIpc) is 3.51. The summed E-state index contributed by atoms with van der Waals surface area (Å²) in [6.07, 6.45) is 8.57. The van der Waals surface area contributed by atoms with E-state index in [1.165, 1.54) is 12.1 Å². The van der Waals surface area contributed by atoms with Gasteiger partial charge in [0.15, 0.2) is 11.4 Å². The van der Waals surface area contributed by atoms with Gasteiger partial charge in [-0.3, -0.25) is 0 Å². The van der Waals surface area contributed by atoms with E-state index in [9.17, 15) is 8.78 Å². The molecule has 0 amide bonds. The number of ether oxygens (including phenoxy) is 2. The van der Waals surface area contributed by atoms with E-state index in [-0.39, 0.29) is 12.1 Å². The maximum Gasteiger partial charge on any atom is 0.183 e. The summed E-state index contributed by atoms with van der Waals surface area (Å²) in [6.45, 7) is 1.86. The molecule has 4 aromatic rings. The fourth-order valence-corrected chi connectivity index (χ4v) is 4.28. The second-order valence-corrected chi connectivity index (χ2v) is 8.00. The van der Waals surface area contributed by atoms with E-state index < -0.39 is 11.6 Å². The molecular formula is C22H20F2N6O2. The van der Waals surface area contributed by atoms with Gasteiger partial charge < -0.3 is 14.4 Å². The molecule has 0 aliphatic carbocycles. The number of anilines is 1. The summed E-state index contributed by atoms with van der Waals surface area (Å²) in [7, 11) is 0. The summed E-state index contributed by atoms with van der Waals surface area (Å²) in [5.41, 5.74) is 1.65. The Hall–Kier alpha value is -3.53. The van der Waals surface area contributed by atoms with E-state index in [0.717, 1.165) is 18.9 Å². The van der Waals surface area contributed by atoms with E-state index in [1.807, 2.05) is 17.2 Å². The highest BCUT2D eigenvalue weighted by atomic mass is 19.1. The van der Waals surface area contributed by atoms with Gasteiger partial charge in [0.05, 0.1) is 37.8 Å². The van der Waals surface area contributed by atoms with Crippen molar-refractivity contribution in [3.63, 3.8) is 0 Å². The molecule has 164 valence electrons. The Morgan fingerprint density at radius 1 is 1.09 bits per heavy atom. The molecule has 1 aromatic carbocycles. The van der Waals surface area contributed by atoms with Crippen molar-refractivity contribution in [1.82, 2.24) is 24.4 Å². The fraction of sp³-hybridized carbons (Fsp3) is 0.318. The highest BCUT2D eigenvalue weighted by Gasteiger charge is 2.30. The summed E-state index contributed by atoms with van der Waals surface area (Å²) in [5.74, 6) is 0.478. The maximum atomic E-state index is 14.5. The lowest BCUT2D eigenvalue weighted by atomic mass is 10.0. The first-order valence-electron chi connectivity index (χ1n) is 10.5. The quantitative estimate of drug-likeness (QED) is 0.476. The van der Waals surface area contributed by atoms with Crippen LogP contribution in [0.5, 0.6) is 5.75 Å². The molecule has 0 bridgehead atoms. The van der Waals surface area contributed by atoms with Gasteiger partial charge in [0, 0.05) is 18.3 Å². The first kappa shape index (κ1) is 19.2. The normalized spacial score (nSPS) is 18.9. The SMILES string of the molecule is Fc1ccc(F)c([C@H]2CCCN2c2ccn3ncc(-n4cc(OC5COC5)cn4)c3n2)c1. The van der Waals surface area contributed by atoms with E-state index in [0.29, 0.717) is 48.2 Å². The molecule has 2 aliphatic heterocycles. The summed E-state index contributed by atoms with van der Waals surface area (Å²) in [5, 5.41) is 8.75. The van der Waals surface area contributed by atoms with Crippen LogP contribution in [0.1, 0.15) is 24.4 Å². The molecule has 6 rings (SSSR count). The number of fused-ring (bicyclic) bond motifs is 1. The van der Waals surface area contributed by atoms with Gasteiger partial charge in [-0.05, 0) is 37.1 Å². The zero-order chi connectivity index (χ0) is 21.7. The molecule has 2 aliphatic rings. The van der Waals surface area contributed by atoms with Crippen molar-refractivity contribution in [3.05, 3.63) is 66.3 Å². The molecule has 0 unspecified atom stereocenters. The Morgan fingerprint density at radius 3 is 2.84 bits per heavy atom. The highest BCUT2D eigenvalue weighted by Crippen LogP contribution is 2.37. The molecule has 0 radical (unpaired) electrons. The van der Waals surface area contributed by atoms with Crippen LogP contribution in [0, 0.1) is 11.6 Å². The molecule has 3 aromatic heterocycles. The number of hydrogen-bond acceptors (Lipinski definition) is 6. The van der Waals surface area contributed by atoms with E-state index in [4.69, 9.17) is 14.5 Å². The molecule has 0 saturated carbocycles. The third-order valence-corrected chi connectivity index (χ3v) is 5.92. The van der Waals surface area contributed by atoms with Crippen LogP contribution in [0.3, 0.4) is 0 Å². The summed E-state index contributed by atoms with van der Waals surface area (Å²) in [4.78, 5) is 6.82. The number of rotatable bonds is 5. The van der Waals surface area contributed by atoms with Crippen LogP contribution in [0.4, 0.5) is 14.6 Å². The Kier molecular flexibility index (Phi) is 4.53. The number of halogens is 2. The van der Waals surface area contributed by atoms with Gasteiger partial charge in [0.2, 0.25) is 0 Å². The third kappa shape index (κ3) is 3.27. The van der Waals surface area contributed by atoms with Crippen molar-refractivity contribution in [2.75, 3.05) is 24.7 Å². The van der Waals surface area contributed by atoms with Gasteiger partial charge in [-0.15, -0.1) is 0 Å². The monoisotopic (exact) mass is 438 g/mol. The van der Waals surface area contributed by atoms with Crippen LogP contribution in [0.25, 0.3) is 11.3 Å². The fourth-order valence-electron chi connectivity index (χ4n) is 4.28. The van der Waals surface area contributed by atoms with Gasteiger partial charge in [-0.25, -0.2) is 23.0 Å². The number of benzene rings is 1. The minimum Gasteiger partial charge on any atom is -0.482 e. The van der Waals surface area contributed by atoms with Crippen LogP contribution < -0.4 is 9.64 Å². The van der Waals surface area contributed by atoms with Crippen LogP contribution in [-0.4, -0.2) is 50.2 Å². The smallest absolute Gasteiger partial charge is 0.183 e. The van der Waals surface area contributed by atoms with Crippen molar-refractivity contribution in [1.29, 1.82) is 0 Å². The topological polar surface area (TPSA) is 69.7 Å². The molecular weight excluding hydrogens is 418 g/mol. The minimum atomic E-state index is -0.445. The van der Waals surface area contributed by atoms with Crippen LogP contribution in [0.2, 0.25) is 0 Å². The summed E-state index contributed by atoms with van der Waals surface area (Å²) in [6, 6.07) is 5.16. The lowest BCUT2D eigenvalue weighted by Crippen LogP contribution is -2.38. The molecule has 0 N–H and O–H groups in total. The Morgan fingerprint density at radius 2 is 2.00 bits per heavy atom. The molecule has 1 atom stereocenters. The lowest BCUT2D eigenvalue weighted by molar-refractivity contribution is -0.0796. The molecule has 5 heterocycles. The predicted molar refractivity (Wildman–Crippen MR) is 111 cm³/mol. The van der Waals surface area contributed by atoms with Crippen LogP contribution >= 0.6 is 0 Å². The van der Waals surface area contributed by atoms with Crippen molar-refractivity contribution in [3.8, 4) is 11.4 Å². The van der Waals surface area contributed by atoms with Crippen molar-refractivity contribution in [2.24, 2.45) is 0 Å². The summed E-state index contributed by atoms with van der Waals surface area (Å²) < 4.78 is 42.5. The van der Waals surface area contributed by atoms with E-state index in [1.54, 1.807) is 27.8 Å². The zero-order valence-corrected chi connectivity index (χ0v) is 17.1. The van der Waals surface area contributed by atoms with E-state index >= 15 is 0 Å². The van der Waals surface area contributed by atoms with E-state index in [2.05, 4.69) is 10.2 Å². The average molecular weight is 438 g/mol.